The van der Waals surface area contributed by atoms with E-state index < -0.39 is 35.0 Å². The molecule has 0 saturated carbocycles. The van der Waals surface area contributed by atoms with Crippen molar-refractivity contribution in [2.75, 3.05) is 72.4 Å². The van der Waals surface area contributed by atoms with E-state index in [9.17, 15) is 33.9 Å². The number of carbonyl (C=O) groups is 6. The molecule has 1 saturated heterocycles. The fourth-order valence-electron chi connectivity index (χ4n) is 4.70. The minimum absolute atomic E-state index is 0.00177. The Morgan fingerprint density at radius 3 is 2.17 bits per heavy atom. The van der Waals surface area contributed by atoms with Crippen LogP contribution < -0.4 is 21.3 Å². The molecule has 4 unspecified atom stereocenters. The minimum Gasteiger partial charge on any atom is -0.444 e. The van der Waals surface area contributed by atoms with E-state index in [-0.39, 0.29) is 121 Å². The van der Waals surface area contributed by atoms with E-state index in [4.69, 9.17) is 31.9 Å². The Morgan fingerprint density at radius 1 is 0.904 bits per heavy atom. The van der Waals surface area contributed by atoms with Crippen molar-refractivity contribution in [2.24, 2.45) is 0 Å². The molecule has 6 amide bonds. The summed E-state index contributed by atoms with van der Waals surface area (Å²) in [5, 5.41) is 28.5. The molecule has 0 aromatic rings. The summed E-state index contributed by atoms with van der Waals surface area (Å²) < 4.78 is 20.1. The average Bonchev–Trinajstić information content (AvgIpc) is 3.38. The number of nitrogens with zero attached hydrogens (tertiary/aromatic N) is 1. The molecule has 1 rings (SSSR count). The van der Waals surface area contributed by atoms with Gasteiger partial charge in [0.05, 0.1) is 52.2 Å². The van der Waals surface area contributed by atoms with Crippen molar-refractivity contribution in [1.82, 2.24) is 26.2 Å². The zero-order chi connectivity index (χ0) is 38.8. The SMILES string of the molecule is [B]C(CC)(CCCC)SC1CC(=O)N(CCC(=O)NCCOCCOCCC(=O)NCCNC(=O)CCNC(=O)OCC(O)OC(CC)CO)C1=O. The quantitative estimate of drug-likeness (QED) is 0.0239. The van der Waals surface area contributed by atoms with Crippen molar-refractivity contribution in [3.63, 3.8) is 0 Å². The largest absolute Gasteiger partial charge is 0.444 e. The Balaban J connectivity index is 2.02. The number of ether oxygens (including phenoxy) is 4. The second kappa shape index (κ2) is 27.6. The van der Waals surface area contributed by atoms with Crippen LogP contribution in [-0.2, 0) is 42.9 Å². The Hall–Kier alpha value is -2.97. The fraction of sp³-hybridized carbons (Fsp3) is 0.818. The molecule has 52 heavy (non-hydrogen) atoms. The molecular weight excluding hydrogens is 701 g/mol. The standard InChI is InChI=1S/C33H58BN5O12S/c1-4-7-11-33(34,6-3)52-25-21-29(44)39(31(25)46)16-9-27(42)37-15-18-49-20-19-48-17-10-28(43)36-14-13-35-26(41)8-12-38-32(47)50-23-30(45)51-24(5-2)22-40/h24-25,30,40,45H,4-23H2,1-3H3,(H,35,41)(H,36,43)(H,37,42)(H,38,47). The van der Waals surface area contributed by atoms with E-state index in [2.05, 4.69) is 28.2 Å². The number of amides is 6. The highest BCUT2D eigenvalue weighted by atomic mass is 32.2. The number of carbonyl (C=O) groups excluding carboxylic acids is 6. The number of unbranched alkanes of at least 4 members (excludes halogenated alkanes) is 1. The van der Waals surface area contributed by atoms with Crippen LogP contribution in [0.5, 0.6) is 0 Å². The van der Waals surface area contributed by atoms with E-state index in [1.54, 1.807) is 6.92 Å². The molecule has 1 aliphatic rings. The number of hydrogen-bond donors (Lipinski definition) is 6. The van der Waals surface area contributed by atoms with Gasteiger partial charge in [-0.2, -0.15) is 11.8 Å². The molecule has 1 aliphatic heterocycles. The van der Waals surface area contributed by atoms with Crippen molar-refractivity contribution >= 4 is 55.2 Å². The third-order valence-electron chi connectivity index (χ3n) is 7.86. The molecule has 0 bridgehead atoms. The van der Waals surface area contributed by atoms with Crippen LogP contribution in [0.4, 0.5) is 4.79 Å². The van der Waals surface area contributed by atoms with Gasteiger partial charge in [0.2, 0.25) is 29.5 Å². The molecule has 6 N–H and O–H groups in total. The van der Waals surface area contributed by atoms with Crippen molar-refractivity contribution < 1.29 is 57.9 Å². The fourth-order valence-corrected chi connectivity index (χ4v) is 6.15. The molecule has 0 aromatic carbocycles. The number of aliphatic hydroxyl groups is 2. The molecule has 0 aromatic heterocycles. The van der Waals surface area contributed by atoms with Crippen LogP contribution in [0.15, 0.2) is 0 Å². The lowest BCUT2D eigenvalue weighted by atomic mass is 9.80. The van der Waals surface area contributed by atoms with Gasteiger partial charge in [0.25, 0.3) is 0 Å². The monoisotopic (exact) mass is 759 g/mol. The zero-order valence-electron chi connectivity index (χ0n) is 30.8. The first-order chi connectivity index (χ1) is 24.9. The highest BCUT2D eigenvalue weighted by Gasteiger charge is 2.42. The van der Waals surface area contributed by atoms with Gasteiger partial charge >= 0.3 is 6.09 Å². The molecule has 2 radical (unpaired) electrons. The molecule has 17 nitrogen and oxygen atoms in total. The first-order valence-corrected chi connectivity index (χ1v) is 18.9. The molecular formula is C33H58BN5O12S. The lowest BCUT2D eigenvalue weighted by molar-refractivity contribution is -0.165. The van der Waals surface area contributed by atoms with Gasteiger partial charge in [-0.1, -0.05) is 33.6 Å². The summed E-state index contributed by atoms with van der Waals surface area (Å²) in [4.78, 5) is 74.1. The van der Waals surface area contributed by atoms with Crippen LogP contribution >= 0.6 is 11.8 Å². The highest BCUT2D eigenvalue weighted by Crippen LogP contribution is 2.38. The van der Waals surface area contributed by atoms with Crippen LogP contribution in [0.3, 0.4) is 0 Å². The summed E-state index contributed by atoms with van der Waals surface area (Å²) in [5.41, 5.74) is 0. The Labute approximate surface area is 312 Å². The number of thioether (sulfide) groups is 1. The second-order valence-electron chi connectivity index (χ2n) is 12.1. The average molecular weight is 760 g/mol. The molecule has 0 spiro atoms. The Kier molecular flexibility index (Phi) is 25.0. The minimum atomic E-state index is -1.38. The lowest BCUT2D eigenvalue weighted by Gasteiger charge is -2.30. The lowest BCUT2D eigenvalue weighted by Crippen LogP contribution is -2.37. The van der Waals surface area contributed by atoms with Gasteiger partial charge in [-0.15, -0.1) is 0 Å². The number of nitrogens with one attached hydrogen (secondary N) is 4. The number of hydrogen-bond acceptors (Lipinski definition) is 13. The van der Waals surface area contributed by atoms with E-state index in [1.165, 1.54) is 11.8 Å². The normalized spacial score (nSPS) is 16.6. The van der Waals surface area contributed by atoms with E-state index in [1.807, 2.05) is 6.92 Å². The molecule has 19 heteroatoms. The predicted octanol–water partition coefficient (Wildman–Crippen LogP) is -0.304. The smallest absolute Gasteiger partial charge is 0.407 e. The third-order valence-corrected chi connectivity index (χ3v) is 9.48. The zero-order valence-corrected chi connectivity index (χ0v) is 31.6. The number of likely N-dealkylation sites (tertiary alicyclic amines) is 1. The maximum absolute atomic E-state index is 12.8. The summed E-state index contributed by atoms with van der Waals surface area (Å²) in [6, 6.07) is 0. The van der Waals surface area contributed by atoms with E-state index in [0.717, 1.165) is 24.2 Å². The maximum Gasteiger partial charge on any atom is 0.407 e. The molecule has 4 atom stereocenters. The summed E-state index contributed by atoms with van der Waals surface area (Å²) in [7, 11) is 6.48. The molecule has 296 valence electrons. The Morgan fingerprint density at radius 2 is 1.54 bits per heavy atom. The summed E-state index contributed by atoms with van der Waals surface area (Å²) in [6.45, 7) is 6.69. The number of rotatable bonds is 30. The van der Waals surface area contributed by atoms with Gasteiger partial charge in [0, 0.05) is 58.4 Å². The topological polar surface area (TPSA) is 231 Å². The van der Waals surface area contributed by atoms with Crippen LogP contribution in [0, 0.1) is 0 Å². The first-order valence-electron chi connectivity index (χ1n) is 18.0. The van der Waals surface area contributed by atoms with Gasteiger partial charge in [-0.05, 0) is 23.9 Å². The van der Waals surface area contributed by atoms with Crippen LogP contribution in [-0.4, -0.2) is 153 Å². The summed E-state index contributed by atoms with van der Waals surface area (Å²) in [5.74, 6) is -1.48. The van der Waals surface area contributed by atoms with Crippen molar-refractivity contribution in [3.05, 3.63) is 0 Å². The summed E-state index contributed by atoms with van der Waals surface area (Å²) >= 11 is 1.37. The number of alkyl carbamates (subject to hydrolysis) is 1. The Bertz CT molecular complexity index is 1110. The van der Waals surface area contributed by atoms with Crippen molar-refractivity contribution in [2.45, 2.75) is 101 Å². The molecule has 1 fully saturated rings. The summed E-state index contributed by atoms with van der Waals surface area (Å²) in [6.07, 6.45) is 1.29. The molecule has 1 heterocycles. The van der Waals surface area contributed by atoms with E-state index >= 15 is 0 Å². The van der Waals surface area contributed by atoms with Gasteiger partial charge in [-0.25, -0.2) is 4.79 Å². The maximum atomic E-state index is 12.8. The van der Waals surface area contributed by atoms with Gasteiger partial charge < -0.3 is 50.4 Å². The predicted molar refractivity (Wildman–Crippen MR) is 193 cm³/mol. The third kappa shape index (κ3) is 20.9. The van der Waals surface area contributed by atoms with Gasteiger partial charge in [-0.3, -0.25) is 28.9 Å². The number of imide groups is 1. The van der Waals surface area contributed by atoms with Crippen LogP contribution in [0.1, 0.15) is 78.6 Å². The second-order valence-corrected chi connectivity index (χ2v) is 13.7. The van der Waals surface area contributed by atoms with Crippen molar-refractivity contribution in [3.8, 4) is 0 Å². The van der Waals surface area contributed by atoms with Crippen LogP contribution in [0.2, 0.25) is 0 Å². The molecule has 0 aliphatic carbocycles. The van der Waals surface area contributed by atoms with Crippen molar-refractivity contribution in [1.29, 1.82) is 0 Å². The van der Waals surface area contributed by atoms with Crippen LogP contribution in [0.25, 0.3) is 0 Å². The first kappa shape index (κ1) is 47.1. The number of aliphatic hydroxyl groups excluding tert-OH is 2. The van der Waals surface area contributed by atoms with Gasteiger partial charge in [0.1, 0.15) is 6.61 Å². The van der Waals surface area contributed by atoms with E-state index in [0.29, 0.717) is 12.8 Å². The van der Waals surface area contributed by atoms with Gasteiger partial charge in [0.15, 0.2) is 6.29 Å². The highest BCUT2D eigenvalue weighted by molar-refractivity contribution is 8.03.